The van der Waals surface area contributed by atoms with Gasteiger partial charge in [0, 0.05) is 7.11 Å². The van der Waals surface area contributed by atoms with Crippen molar-refractivity contribution in [2.75, 3.05) is 7.11 Å². The van der Waals surface area contributed by atoms with E-state index in [1.54, 1.807) is 7.11 Å². The molecule has 0 fully saturated rings. The second-order valence-corrected chi connectivity index (χ2v) is 4.91. The quantitative estimate of drug-likeness (QED) is 0.687. The third kappa shape index (κ3) is 6.39. The van der Waals surface area contributed by atoms with E-state index in [-0.39, 0.29) is 11.7 Å². The van der Waals surface area contributed by atoms with Crippen LogP contribution in [0.5, 0.6) is 0 Å². The van der Waals surface area contributed by atoms with Crippen molar-refractivity contribution in [1.82, 2.24) is 0 Å². The molecule has 86 valence electrons. The van der Waals surface area contributed by atoms with Crippen LogP contribution in [0, 0.1) is 5.92 Å². The molecule has 0 spiro atoms. The van der Waals surface area contributed by atoms with Gasteiger partial charge in [0.1, 0.15) is 0 Å². The van der Waals surface area contributed by atoms with Gasteiger partial charge in [0.05, 0.1) is 11.7 Å². The van der Waals surface area contributed by atoms with E-state index < -0.39 is 0 Å². The van der Waals surface area contributed by atoms with Crippen molar-refractivity contribution in [3.63, 3.8) is 0 Å². The van der Waals surface area contributed by atoms with Gasteiger partial charge in [-0.1, -0.05) is 20.3 Å². The second kappa shape index (κ2) is 6.41. The Labute approximate surface area is 88.7 Å². The van der Waals surface area contributed by atoms with Gasteiger partial charge in [-0.2, -0.15) is 0 Å². The number of aliphatic hydroxyl groups is 1. The minimum absolute atomic E-state index is 0.101. The molecule has 2 nitrogen and oxygen atoms in total. The van der Waals surface area contributed by atoms with E-state index in [9.17, 15) is 5.11 Å². The summed E-state index contributed by atoms with van der Waals surface area (Å²) < 4.78 is 5.31. The molecule has 0 amide bonds. The van der Waals surface area contributed by atoms with Crippen LogP contribution >= 0.6 is 0 Å². The maximum Gasteiger partial charge on any atom is 0.0623 e. The normalized spacial score (nSPS) is 16.7. The fraction of sp³-hybridized carbons (Fsp3) is 1.00. The van der Waals surface area contributed by atoms with Gasteiger partial charge in [0.15, 0.2) is 0 Å². The molecular formula is C12H26O2. The van der Waals surface area contributed by atoms with Crippen LogP contribution in [0.3, 0.4) is 0 Å². The van der Waals surface area contributed by atoms with Crippen molar-refractivity contribution < 1.29 is 9.84 Å². The molecule has 0 aliphatic carbocycles. The molecule has 14 heavy (non-hydrogen) atoms. The number of methoxy groups -OCH3 is 1. The van der Waals surface area contributed by atoms with Gasteiger partial charge < -0.3 is 9.84 Å². The Morgan fingerprint density at radius 2 is 1.93 bits per heavy atom. The lowest BCUT2D eigenvalue weighted by atomic mass is 9.94. The van der Waals surface area contributed by atoms with E-state index in [1.807, 2.05) is 0 Å². The molecule has 2 unspecified atom stereocenters. The van der Waals surface area contributed by atoms with Gasteiger partial charge in [0.2, 0.25) is 0 Å². The number of aliphatic hydroxyl groups excluding tert-OH is 1. The summed E-state index contributed by atoms with van der Waals surface area (Å²) in [7, 11) is 1.72. The summed E-state index contributed by atoms with van der Waals surface area (Å²) in [6, 6.07) is 0. The lowest BCUT2D eigenvalue weighted by Gasteiger charge is -2.24. The van der Waals surface area contributed by atoms with Crippen LogP contribution in [-0.4, -0.2) is 23.9 Å². The van der Waals surface area contributed by atoms with Crippen LogP contribution in [0.1, 0.15) is 53.4 Å². The van der Waals surface area contributed by atoms with Crippen LogP contribution in [0.15, 0.2) is 0 Å². The van der Waals surface area contributed by atoms with Crippen molar-refractivity contribution in [2.45, 2.75) is 65.1 Å². The number of rotatable bonds is 7. The van der Waals surface area contributed by atoms with E-state index in [2.05, 4.69) is 27.7 Å². The first-order valence-corrected chi connectivity index (χ1v) is 5.64. The first-order valence-electron chi connectivity index (χ1n) is 5.64. The minimum atomic E-state index is -0.167. The summed E-state index contributed by atoms with van der Waals surface area (Å²) in [4.78, 5) is 0. The predicted molar refractivity (Wildman–Crippen MR) is 60.4 cm³/mol. The fourth-order valence-electron chi connectivity index (χ4n) is 1.37. The third-order valence-electron chi connectivity index (χ3n) is 3.00. The SMILES string of the molecule is CCC(C)CC(O)CCC(C)(C)OC. The number of ether oxygens (including phenoxy) is 1. The summed E-state index contributed by atoms with van der Waals surface area (Å²) in [6.07, 6.45) is 3.65. The molecule has 0 heterocycles. The Balaban J connectivity index is 3.68. The molecule has 0 radical (unpaired) electrons. The molecule has 1 N–H and O–H groups in total. The van der Waals surface area contributed by atoms with Crippen LogP contribution < -0.4 is 0 Å². The molecule has 0 bridgehead atoms. The van der Waals surface area contributed by atoms with Crippen LogP contribution in [0.2, 0.25) is 0 Å². The summed E-state index contributed by atoms with van der Waals surface area (Å²) in [5, 5.41) is 9.75. The molecule has 0 aliphatic rings. The average Bonchev–Trinajstić information content (AvgIpc) is 2.15. The zero-order valence-electron chi connectivity index (χ0n) is 10.3. The summed E-state index contributed by atoms with van der Waals surface area (Å²) in [5.41, 5.74) is -0.101. The van der Waals surface area contributed by atoms with Gasteiger partial charge in [0.25, 0.3) is 0 Å². The molecule has 0 saturated carbocycles. The van der Waals surface area contributed by atoms with Crippen molar-refractivity contribution in [1.29, 1.82) is 0 Å². The van der Waals surface area contributed by atoms with Gasteiger partial charge >= 0.3 is 0 Å². The maximum atomic E-state index is 9.75. The smallest absolute Gasteiger partial charge is 0.0623 e. The van der Waals surface area contributed by atoms with Crippen molar-refractivity contribution in [3.05, 3.63) is 0 Å². The highest BCUT2D eigenvalue weighted by molar-refractivity contribution is 4.71. The molecule has 0 aromatic heterocycles. The summed E-state index contributed by atoms with van der Waals surface area (Å²) in [6.45, 7) is 8.47. The summed E-state index contributed by atoms with van der Waals surface area (Å²) in [5.74, 6) is 0.621. The lowest BCUT2D eigenvalue weighted by Crippen LogP contribution is -2.25. The molecule has 2 heteroatoms. The van der Waals surface area contributed by atoms with Crippen molar-refractivity contribution in [2.24, 2.45) is 5.92 Å². The number of hydrogen-bond acceptors (Lipinski definition) is 2. The van der Waals surface area contributed by atoms with Gasteiger partial charge in [-0.25, -0.2) is 0 Å². The Morgan fingerprint density at radius 3 is 2.36 bits per heavy atom. The van der Waals surface area contributed by atoms with E-state index in [4.69, 9.17) is 4.74 Å². The largest absolute Gasteiger partial charge is 0.393 e. The van der Waals surface area contributed by atoms with Crippen molar-refractivity contribution in [3.8, 4) is 0 Å². The van der Waals surface area contributed by atoms with E-state index in [0.717, 1.165) is 25.7 Å². The Hall–Kier alpha value is -0.0800. The Bertz CT molecular complexity index is 143. The topological polar surface area (TPSA) is 29.5 Å². The monoisotopic (exact) mass is 202 g/mol. The van der Waals surface area contributed by atoms with E-state index in [0.29, 0.717) is 5.92 Å². The highest BCUT2D eigenvalue weighted by atomic mass is 16.5. The predicted octanol–water partition coefficient (Wildman–Crippen LogP) is 2.99. The van der Waals surface area contributed by atoms with E-state index >= 15 is 0 Å². The minimum Gasteiger partial charge on any atom is -0.393 e. The molecule has 0 aromatic rings. The molecule has 0 rings (SSSR count). The molecule has 0 saturated heterocycles. The fourth-order valence-corrected chi connectivity index (χ4v) is 1.37. The highest BCUT2D eigenvalue weighted by Crippen LogP contribution is 2.20. The van der Waals surface area contributed by atoms with Crippen molar-refractivity contribution >= 4 is 0 Å². The average molecular weight is 202 g/mol. The zero-order chi connectivity index (χ0) is 11.2. The van der Waals surface area contributed by atoms with Gasteiger partial charge in [-0.3, -0.25) is 0 Å². The van der Waals surface area contributed by atoms with Crippen LogP contribution in [-0.2, 0) is 4.74 Å². The van der Waals surface area contributed by atoms with Crippen LogP contribution in [0.4, 0.5) is 0 Å². The van der Waals surface area contributed by atoms with Gasteiger partial charge in [-0.05, 0) is 39.0 Å². The first kappa shape index (κ1) is 13.9. The third-order valence-corrected chi connectivity index (χ3v) is 3.00. The standard InChI is InChI=1S/C12H26O2/c1-6-10(2)9-11(13)7-8-12(3,4)14-5/h10-11,13H,6-9H2,1-5H3. The maximum absolute atomic E-state index is 9.75. The van der Waals surface area contributed by atoms with Gasteiger partial charge in [-0.15, -0.1) is 0 Å². The first-order chi connectivity index (χ1) is 6.41. The Morgan fingerprint density at radius 1 is 1.36 bits per heavy atom. The lowest BCUT2D eigenvalue weighted by molar-refractivity contribution is 0.000850. The molecular weight excluding hydrogens is 176 g/mol. The molecule has 0 aromatic carbocycles. The molecule has 2 atom stereocenters. The zero-order valence-corrected chi connectivity index (χ0v) is 10.3. The Kier molecular flexibility index (Phi) is 6.38. The molecule has 0 aliphatic heterocycles. The van der Waals surface area contributed by atoms with E-state index in [1.165, 1.54) is 0 Å². The second-order valence-electron chi connectivity index (χ2n) is 4.91. The highest BCUT2D eigenvalue weighted by Gasteiger charge is 2.18. The number of hydrogen-bond donors (Lipinski definition) is 1. The summed E-state index contributed by atoms with van der Waals surface area (Å²) >= 11 is 0. The van der Waals surface area contributed by atoms with Crippen LogP contribution in [0.25, 0.3) is 0 Å².